The molecule has 1 heterocycles. The van der Waals surface area contributed by atoms with Crippen LogP contribution in [-0.2, 0) is 11.8 Å². The number of thiazole rings is 1. The van der Waals surface area contributed by atoms with Crippen LogP contribution in [0.5, 0.6) is 0 Å². The topological polar surface area (TPSA) is 12.9 Å². The van der Waals surface area contributed by atoms with Gasteiger partial charge in [-0.3, -0.25) is 0 Å². The molecule has 98 valence electrons. The first-order valence-corrected chi connectivity index (χ1v) is 6.90. The van der Waals surface area contributed by atoms with Crippen LogP contribution in [0.15, 0.2) is 29.6 Å². The largest absolute Gasteiger partial charge is 1.00 e. The Morgan fingerprint density at radius 1 is 1.17 bits per heavy atom. The zero-order valence-electron chi connectivity index (χ0n) is 10.7. The minimum absolute atomic E-state index is 0. The molecule has 1 nitrogen and oxygen atoms in total. The van der Waals surface area contributed by atoms with E-state index in [1.165, 1.54) is 11.3 Å². The Labute approximate surface area is 128 Å². The highest BCUT2D eigenvalue weighted by Crippen LogP contribution is 2.25. The van der Waals surface area contributed by atoms with E-state index >= 15 is 0 Å². The summed E-state index contributed by atoms with van der Waals surface area (Å²) in [7, 11) is 0. The van der Waals surface area contributed by atoms with Crippen molar-refractivity contribution >= 4 is 22.9 Å². The lowest BCUT2D eigenvalue weighted by Crippen LogP contribution is -3.00. The molecule has 0 radical (unpaired) electrons. The Morgan fingerprint density at radius 3 is 2.28 bits per heavy atom. The molecule has 0 saturated carbocycles. The third kappa shape index (κ3) is 4.08. The lowest BCUT2D eigenvalue weighted by atomic mass is 9.93. The fourth-order valence-electron chi connectivity index (χ4n) is 1.51. The van der Waals surface area contributed by atoms with Crippen LogP contribution >= 0.6 is 22.9 Å². The highest BCUT2D eigenvalue weighted by Gasteiger charge is 2.17. The molecule has 18 heavy (non-hydrogen) atoms. The summed E-state index contributed by atoms with van der Waals surface area (Å²) in [5.74, 6) is 0. The summed E-state index contributed by atoms with van der Waals surface area (Å²) in [6.07, 6.45) is 0.887. The van der Waals surface area contributed by atoms with Crippen LogP contribution in [0.4, 0.5) is 0 Å². The molecule has 2 rings (SSSR count). The predicted octanol–water partition coefficient (Wildman–Crippen LogP) is 1.69. The van der Waals surface area contributed by atoms with Crippen molar-refractivity contribution in [1.82, 2.24) is 4.98 Å². The minimum Gasteiger partial charge on any atom is -1.00 e. The Kier molecular flexibility index (Phi) is 5.38. The van der Waals surface area contributed by atoms with Crippen molar-refractivity contribution in [1.29, 1.82) is 0 Å². The summed E-state index contributed by atoms with van der Waals surface area (Å²) >= 11 is 7.60. The molecule has 0 aliphatic heterocycles. The van der Waals surface area contributed by atoms with E-state index in [2.05, 4.69) is 43.3 Å². The highest BCUT2D eigenvalue weighted by atomic mass is 79.9. The van der Waals surface area contributed by atoms with Gasteiger partial charge in [0.1, 0.15) is 0 Å². The average Bonchev–Trinajstić information content (AvgIpc) is 2.69. The normalized spacial score (nSPS) is 11.1. The fraction of sp³-hybridized carbons (Fsp3) is 0.357. The van der Waals surface area contributed by atoms with Gasteiger partial charge in [0, 0.05) is 22.2 Å². The van der Waals surface area contributed by atoms with Crippen molar-refractivity contribution in [3.63, 3.8) is 0 Å². The quantitative estimate of drug-likeness (QED) is 0.807. The molecule has 0 aliphatic carbocycles. The summed E-state index contributed by atoms with van der Waals surface area (Å²) in [4.78, 5) is 4.68. The molecule has 1 aromatic heterocycles. The molecule has 0 bridgehead atoms. The molecule has 0 spiro atoms. The van der Waals surface area contributed by atoms with Crippen molar-refractivity contribution in [2.75, 3.05) is 0 Å². The molecular weight excluding hydrogens is 330 g/mol. The Bertz CT molecular complexity index is 499. The lowest BCUT2D eigenvalue weighted by molar-refractivity contribution is -0.00000382. The second kappa shape index (κ2) is 6.18. The minimum atomic E-state index is 0. The number of nitrogens with zero attached hydrogens (tertiary/aromatic N) is 1. The third-order valence-corrected chi connectivity index (χ3v) is 3.69. The van der Waals surface area contributed by atoms with Gasteiger partial charge < -0.3 is 17.0 Å². The molecule has 0 saturated heterocycles. The van der Waals surface area contributed by atoms with E-state index in [-0.39, 0.29) is 22.4 Å². The van der Waals surface area contributed by atoms with Gasteiger partial charge in [-0.25, -0.2) is 4.98 Å². The van der Waals surface area contributed by atoms with Crippen LogP contribution in [0.25, 0.3) is 0 Å². The number of halogens is 2. The monoisotopic (exact) mass is 344 g/mol. The third-order valence-electron chi connectivity index (χ3n) is 2.59. The average molecular weight is 346 g/mol. The van der Waals surface area contributed by atoms with Crippen molar-refractivity contribution < 1.29 is 17.0 Å². The van der Waals surface area contributed by atoms with E-state index in [4.69, 9.17) is 11.6 Å². The maximum absolute atomic E-state index is 5.87. The predicted molar refractivity (Wildman–Crippen MR) is 75.1 cm³/mol. The Balaban J connectivity index is 0.00000162. The maximum atomic E-state index is 5.87. The van der Waals surface area contributed by atoms with E-state index in [0.29, 0.717) is 0 Å². The standard InChI is InChI=1S/C14H16ClNS.BrH/c1-14(2,3)12-9-17-13(16-12)8-10-4-6-11(15)7-5-10;/h4-7,9H,8H2,1-3H3;1H/p-1. The molecular formula is C14H16BrClNS-. The van der Waals surface area contributed by atoms with E-state index < -0.39 is 0 Å². The van der Waals surface area contributed by atoms with Gasteiger partial charge in [-0.05, 0) is 17.7 Å². The van der Waals surface area contributed by atoms with Crippen molar-refractivity contribution in [3.8, 4) is 0 Å². The molecule has 0 fully saturated rings. The van der Waals surface area contributed by atoms with Crippen LogP contribution in [0.3, 0.4) is 0 Å². The van der Waals surface area contributed by atoms with Gasteiger partial charge in [-0.15, -0.1) is 11.3 Å². The second-order valence-corrected chi connectivity index (χ2v) is 6.56. The zero-order valence-corrected chi connectivity index (χ0v) is 13.9. The molecule has 4 heteroatoms. The fourth-order valence-corrected chi connectivity index (χ4v) is 2.69. The van der Waals surface area contributed by atoms with E-state index in [9.17, 15) is 0 Å². The summed E-state index contributed by atoms with van der Waals surface area (Å²) in [6.45, 7) is 6.57. The number of aromatic nitrogens is 1. The summed E-state index contributed by atoms with van der Waals surface area (Å²) < 4.78 is 0. The molecule has 2 aromatic rings. The zero-order chi connectivity index (χ0) is 12.5. The smallest absolute Gasteiger partial charge is 0.0972 e. The van der Waals surface area contributed by atoms with Gasteiger partial charge in [-0.1, -0.05) is 44.5 Å². The number of hydrogen-bond donors (Lipinski definition) is 0. The number of benzene rings is 1. The first kappa shape index (κ1) is 15.7. The van der Waals surface area contributed by atoms with Gasteiger partial charge in [0.05, 0.1) is 10.7 Å². The molecule has 0 atom stereocenters. The molecule has 0 aliphatic rings. The highest BCUT2D eigenvalue weighted by molar-refractivity contribution is 7.09. The van der Waals surface area contributed by atoms with E-state index in [1.807, 2.05) is 12.1 Å². The number of rotatable bonds is 2. The summed E-state index contributed by atoms with van der Waals surface area (Å²) in [5, 5.41) is 4.10. The lowest BCUT2D eigenvalue weighted by Gasteiger charge is -2.14. The first-order chi connectivity index (χ1) is 7.95. The molecule has 0 amide bonds. The molecule has 1 aromatic carbocycles. The second-order valence-electron chi connectivity index (χ2n) is 5.18. The number of hydrogen-bond acceptors (Lipinski definition) is 2. The molecule has 0 unspecified atom stereocenters. The maximum Gasteiger partial charge on any atom is 0.0972 e. The van der Waals surface area contributed by atoms with Crippen LogP contribution in [0.1, 0.15) is 37.0 Å². The Hall–Kier alpha value is -0.380. The van der Waals surface area contributed by atoms with Gasteiger partial charge in [-0.2, -0.15) is 0 Å². The summed E-state index contributed by atoms with van der Waals surface area (Å²) in [6, 6.07) is 7.96. The van der Waals surface area contributed by atoms with Gasteiger partial charge in [0.25, 0.3) is 0 Å². The van der Waals surface area contributed by atoms with Crippen LogP contribution in [-0.4, -0.2) is 4.98 Å². The van der Waals surface area contributed by atoms with Gasteiger partial charge in [0.15, 0.2) is 0 Å². The van der Waals surface area contributed by atoms with Crippen LogP contribution in [0.2, 0.25) is 5.02 Å². The van der Waals surface area contributed by atoms with Crippen molar-refractivity contribution in [2.24, 2.45) is 0 Å². The van der Waals surface area contributed by atoms with Gasteiger partial charge in [0.2, 0.25) is 0 Å². The van der Waals surface area contributed by atoms with E-state index in [0.717, 1.165) is 16.5 Å². The van der Waals surface area contributed by atoms with Crippen molar-refractivity contribution in [2.45, 2.75) is 32.6 Å². The van der Waals surface area contributed by atoms with Crippen molar-refractivity contribution in [3.05, 3.63) is 50.9 Å². The first-order valence-electron chi connectivity index (χ1n) is 5.64. The SMILES string of the molecule is CC(C)(C)c1csc(Cc2ccc(Cl)cc2)n1.[Br-]. The Morgan fingerprint density at radius 2 is 1.78 bits per heavy atom. The van der Waals surface area contributed by atoms with Crippen LogP contribution < -0.4 is 17.0 Å². The van der Waals surface area contributed by atoms with Crippen LogP contribution in [0, 0.1) is 0 Å². The van der Waals surface area contributed by atoms with Gasteiger partial charge >= 0.3 is 0 Å². The van der Waals surface area contributed by atoms with E-state index in [1.54, 1.807) is 11.3 Å². The molecule has 0 N–H and O–H groups in total. The summed E-state index contributed by atoms with van der Waals surface area (Å²) in [5.41, 5.74) is 2.56.